The molecule has 0 aliphatic heterocycles. The molecule has 3 N–H and O–H groups in total. The lowest BCUT2D eigenvalue weighted by Gasteiger charge is -2.08. The van der Waals surface area contributed by atoms with Gasteiger partial charge in [0, 0.05) is 12.6 Å². The van der Waals surface area contributed by atoms with Gasteiger partial charge in [0.05, 0.1) is 0 Å². The maximum atomic E-state index is 8.93. The van der Waals surface area contributed by atoms with Crippen LogP contribution < -0.4 is 5.73 Å². The minimum absolute atomic E-state index is 0.305. The van der Waals surface area contributed by atoms with Gasteiger partial charge >= 0.3 is 0 Å². The second-order valence-electron chi connectivity index (χ2n) is 3.62. The van der Waals surface area contributed by atoms with Crippen molar-refractivity contribution < 1.29 is 5.11 Å². The van der Waals surface area contributed by atoms with Crippen molar-refractivity contribution in [1.82, 2.24) is 0 Å². The summed E-state index contributed by atoms with van der Waals surface area (Å²) in [7, 11) is 0. The highest BCUT2D eigenvalue weighted by molar-refractivity contribution is 5.09. The van der Waals surface area contributed by atoms with Gasteiger partial charge in [-0.3, -0.25) is 0 Å². The summed E-state index contributed by atoms with van der Waals surface area (Å²) < 4.78 is 0. The zero-order valence-electron chi connectivity index (χ0n) is 5.51. The number of aliphatic hydroxyl groups is 1. The van der Waals surface area contributed by atoms with Crippen LogP contribution in [0.5, 0.6) is 0 Å². The molecule has 0 aromatic carbocycles. The number of rotatable bonds is 1. The summed E-state index contributed by atoms with van der Waals surface area (Å²) in [6.07, 6.45) is 3.45. The SMILES string of the molecule is NC1CC2CC2(CO)C1. The van der Waals surface area contributed by atoms with Crippen LogP contribution in [0.3, 0.4) is 0 Å². The first-order valence-corrected chi connectivity index (χ1v) is 3.63. The van der Waals surface area contributed by atoms with Gasteiger partial charge in [-0.2, -0.15) is 0 Å². The van der Waals surface area contributed by atoms with Gasteiger partial charge in [0.1, 0.15) is 0 Å². The molecular weight excluding hydrogens is 114 g/mol. The molecule has 0 bridgehead atoms. The Bertz CT molecular complexity index is 133. The van der Waals surface area contributed by atoms with E-state index >= 15 is 0 Å². The average Bonchev–Trinajstić information content (AvgIpc) is 2.38. The quantitative estimate of drug-likeness (QED) is 0.525. The van der Waals surface area contributed by atoms with E-state index in [0.29, 0.717) is 18.1 Å². The normalized spacial score (nSPS) is 55.3. The largest absolute Gasteiger partial charge is 0.396 e. The molecule has 0 aromatic heterocycles. The van der Waals surface area contributed by atoms with Crippen molar-refractivity contribution in [2.75, 3.05) is 6.61 Å². The van der Waals surface area contributed by atoms with Crippen LogP contribution in [0.15, 0.2) is 0 Å². The summed E-state index contributed by atoms with van der Waals surface area (Å²) in [5.74, 6) is 0.775. The summed E-state index contributed by atoms with van der Waals surface area (Å²) in [5, 5.41) is 8.93. The summed E-state index contributed by atoms with van der Waals surface area (Å²) in [5.41, 5.74) is 6.01. The molecule has 0 spiro atoms. The molecule has 0 saturated heterocycles. The Hall–Kier alpha value is -0.0800. The fraction of sp³-hybridized carbons (Fsp3) is 1.00. The van der Waals surface area contributed by atoms with Crippen molar-refractivity contribution in [3.05, 3.63) is 0 Å². The summed E-state index contributed by atoms with van der Waals surface area (Å²) in [6.45, 7) is 0.366. The molecule has 0 amide bonds. The Balaban J connectivity index is 2.05. The van der Waals surface area contributed by atoms with Gasteiger partial charge < -0.3 is 10.8 Å². The van der Waals surface area contributed by atoms with Crippen LogP contribution >= 0.6 is 0 Å². The molecule has 2 saturated carbocycles. The highest BCUT2D eigenvalue weighted by atomic mass is 16.3. The Labute approximate surface area is 55.1 Å². The van der Waals surface area contributed by atoms with Crippen LogP contribution in [0.25, 0.3) is 0 Å². The van der Waals surface area contributed by atoms with Crippen molar-refractivity contribution in [2.45, 2.75) is 25.3 Å². The van der Waals surface area contributed by atoms with E-state index in [1.807, 2.05) is 0 Å². The Morgan fingerprint density at radius 1 is 1.56 bits per heavy atom. The summed E-state index contributed by atoms with van der Waals surface area (Å²) in [4.78, 5) is 0. The Kier molecular flexibility index (Phi) is 0.945. The van der Waals surface area contributed by atoms with Gasteiger partial charge in [-0.1, -0.05) is 0 Å². The summed E-state index contributed by atoms with van der Waals surface area (Å²) >= 11 is 0. The number of fused-ring (bicyclic) bond motifs is 1. The van der Waals surface area contributed by atoms with Crippen molar-refractivity contribution in [1.29, 1.82) is 0 Å². The van der Waals surface area contributed by atoms with E-state index in [1.54, 1.807) is 0 Å². The lowest BCUT2D eigenvalue weighted by atomic mass is 10.0. The van der Waals surface area contributed by atoms with Gasteiger partial charge in [-0.05, 0) is 30.6 Å². The molecule has 9 heavy (non-hydrogen) atoms. The molecule has 0 radical (unpaired) electrons. The highest BCUT2D eigenvalue weighted by Gasteiger charge is 2.58. The van der Waals surface area contributed by atoms with Gasteiger partial charge in [0.2, 0.25) is 0 Å². The molecule has 2 rings (SSSR count). The average molecular weight is 127 g/mol. The molecule has 2 aliphatic carbocycles. The van der Waals surface area contributed by atoms with Crippen molar-refractivity contribution in [2.24, 2.45) is 17.1 Å². The zero-order chi connectivity index (χ0) is 6.48. The molecule has 52 valence electrons. The lowest BCUT2D eigenvalue weighted by molar-refractivity contribution is 0.203. The zero-order valence-corrected chi connectivity index (χ0v) is 5.51. The molecule has 0 aromatic rings. The number of hydrogen-bond acceptors (Lipinski definition) is 2. The molecule has 3 unspecified atom stereocenters. The molecule has 2 fully saturated rings. The van der Waals surface area contributed by atoms with Crippen molar-refractivity contribution in [3.63, 3.8) is 0 Å². The number of hydrogen-bond donors (Lipinski definition) is 2. The summed E-state index contributed by atoms with van der Waals surface area (Å²) in [6, 6.07) is 0.385. The maximum Gasteiger partial charge on any atom is 0.0490 e. The first-order chi connectivity index (χ1) is 4.27. The van der Waals surface area contributed by atoms with Gasteiger partial charge in [-0.25, -0.2) is 0 Å². The molecule has 2 heteroatoms. The number of nitrogens with two attached hydrogens (primary N) is 1. The van der Waals surface area contributed by atoms with Crippen molar-refractivity contribution in [3.8, 4) is 0 Å². The molecule has 0 heterocycles. The second kappa shape index (κ2) is 1.50. The first-order valence-electron chi connectivity index (χ1n) is 3.63. The molecule has 2 aliphatic rings. The third-order valence-electron chi connectivity index (χ3n) is 2.93. The fourth-order valence-corrected chi connectivity index (χ4v) is 2.24. The van der Waals surface area contributed by atoms with Gasteiger partial charge in [-0.15, -0.1) is 0 Å². The van der Waals surface area contributed by atoms with E-state index in [2.05, 4.69) is 0 Å². The maximum absolute atomic E-state index is 8.93. The van der Waals surface area contributed by atoms with Crippen LogP contribution in [0.1, 0.15) is 19.3 Å². The third-order valence-corrected chi connectivity index (χ3v) is 2.93. The van der Waals surface area contributed by atoms with E-state index < -0.39 is 0 Å². The Morgan fingerprint density at radius 2 is 2.33 bits per heavy atom. The number of aliphatic hydroxyl groups excluding tert-OH is 1. The first kappa shape index (κ1) is 5.69. The van der Waals surface area contributed by atoms with Gasteiger partial charge in [0.25, 0.3) is 0 Å². The van der Waals surface area contributed by atoms with E-state index in [-0.39, 0.29) is 0 Å². The fourth-order valence-electron chi connectivity index (χ4n) is 2.24. The van der Waals surface area contributed by atoms with E-state index in [1.165, 1.54) is 6.42 Å². The van der Waals surface area contributed by atoms with Crippen LogP contribution in [0, 0.1) is 11.3 Å². The highest BCUT2D eigenvalue weighted by Crippen LogP contribution is 2.62. The lowest BCUT2D eigenvalue weighted by Crippen LogP contribution is -2.19. The Morgan fingerprint density at radius 3 is 2.67 bits per heavy atom. The monoisotopic (exact) mass is 127 g/mol. The molecule has 2 nitrogen and oxygen atoms in total. The molecule has 3 atom stereocenters. The van der Waals surface area contributed by atoms with Crippen LogP contribution in [-0.4, -0.2) is 17.8 Å². The minimum Gasteiger partial charge on any atom is -0.396 e. The third kappa shape index (κ3) is 0.634. The molecular formula is C7H13NO. The van der Waals surface area contributed by atoms with E-state index in [9.17, 15) is 0 Å². The smallest absolute Gasteiger partial charge is 0.0490 e. The van der Waals surface area contributed by atoms with Crippen LogP contribution in [0.4, 0.5) is 0 Å². The second-order valence-corrected chi connectivity index (χ2v) is 3.62. The van der Waals surface area contributed by atoms with E-state index in [4.69, 9.17) is 10.8 Å². The van der Waals surface area contributed by atoms with E-state index in [0.717, 1.165) is 18.8 Å². The van der Waals surface area contributed by atoms with Gasteiger partial charge in [0.15, 0.2) is 0 Å². The predicted molar refractivity (Wildman–Crippen MR) is 34.8 cm³/mol. The predicted octanol–water partition coefficient (Wildman–Crippen LogP) is 0.106. The van der Waals surface area contributed by atoms with Crippen molar-refractivity contribution >= 4 is 0 Å². The standard InChI is InChI=1S/C7H13NO/c8-6-1-5-2-7(5,3-6)4-9/h5-6,9H,1-4,8H2. The minimum atomic E-state index is 0.305. The topological polar surface area (TPSA) is 46.2 Å². The van der Waals surface area contributed by atoms with Crippen LogP contribution in [-0.2, 0) is 0 Å². The van der Waals surface area contributed by atoms with Crippen LogP contribution in [0.2, 0.25) is 0 Å².